The van der Waals surface area contributed by atoms with Crippen LogP contribution in [-0.2, 0) is 0 Å². The van der Waals surface area contributed by atoms with Gasteiger partial charge in [0.25, 0.3) is 0 Å². The first-order valence-electron chi connectivity index (χ1n) is 6.76. The predicted molar refractivity (Wildman–Crippen MR) is 74.7 cm³/mol. The average Bonchev–Trinajstić information content (AvgIpc) is 2.90. The van der Waals surface area contributed by atoms with Crippen molar-refractivity contribution in [2.45, 2.75) is 31.6 Å². The summed E-state index contributed by atoms with van der Waals surface area (Å²) in [6.45, 7) is 0. The number of rotatable bonds is 2. The first kappa shape index (κ1) is 12.8. The van der Waals surface area contributed by atoms with Crippen LogP contribution in [0.1, 0.15) is 37.3 Å². The molecule has 0 spiro atoms. The maximum absolute atomic E-state index is 13.4. The van der Waals surface area contributed by atoms with Crippen molar-refractivity contribution >= 4 is 5.82 Å². The summed E-state index contributed by atoms with van der Waals surface area (Å²) in [5, 5.41) is 9.48. The number of nitrogens with two attached hydrogens (primary N) is 1. The van der Waals surface area contributed by atoms with E-state index in [1.807, 2.05) is 0 Å². The molecular weight excluding hydrogens is 257 g/mol. The highest BCUT2D eigenvalue weighted by Gasteiger charge is 2.20. The molecule has 1 heterocycles. The molecule has 3 N–H and O–H groups in total. The van der Waals surface area contributed by atoms with Gasteiger partial charge in [-0.25, -0.2) is 14.4 Å². The predicted octanol–water partition coefficient (Wildman–Crippen LogP) is 3.23. The molecule has 2 aromatic rings. The number of anilines is 1. The van der Waals surface area contributed by atoms with Crippen LogP contribution in [0.4, 0.5) is 10.2 Å². The molecule has 0 amide bonds. The van der Waals surface area contributed by atoms with Gasteiger partial charge in [0, 0.05) is 29.3 Å². The summed E-state index contributed by atoms with van der Waals surface area (Å²) in [4.78, 5) is 8.65. The summed E-state index contributed by atoms with van der Waals surface area (Å²) in [6.07, 6.45) is 4.60. The number of aromatic nitrogens is 2. The smallest absolute Gasteiger partial charge is 0.161 e. The number of phenols is 1. The van der Waals surface area contributed by atoms with Gasteiger partial charge in [-0.15, -0.1) is 0 Å². The van der Waals surface area contributed by atoms with Crippen LogP contribution in [0.25, 0.3) is 11.4 Å². The van der Waals surface area contributed by atoms with Crippen molar-refractivity contribution in [2.24, 2.45) is 0 Å². The zero-order valence-electron chi connectivity index (χ0n) is 11.0. The number of benzene rings is 1. The minimum atomic E-state index is -0.520. The van der Waals surface area contributed by atoms with Crippen LogP contribution in [0, 0.1) is 5.82 Å². The molecule has 1 aromatic heterocycles. The molecule has 1 saturated carbocycles. The Morgan fingerprint density at radius 2 is 1.85 bits per heavy atom. The van der Waals surface area contributed by atoms with E-state index in [2.05, 4.69) is 9.97 Å². The Balaban J connectivity index is 2.04. The fourth-order valence-electron chi connectivity index (χ4n) is 2.75. The Hall–Kier alpha value is -2.17. The van der Waals surface area contributed by atoms with E-state index >= 15 is 0 Å². The summed E-state index contributed by atoms with van der Waals surface area (Å²) in [5.74, 6) is 0.477. The van der Waals surface area contributed by atoms with E-state index in [9.17, 15) is 9.50 Å². The number of halogens is 1. The van der Waals surface area contributed by atoms with Gasteiger partial charge in [0.2, 0.25) is 0 Å². The number of phenolic OH excluding ortho intramolecular Hbond substituents is 1. The van der Waals surface area contributed by atoms with E-state index in [1.54, 1.807) is 6.07 Å². The molecule has 1 aromatic carbocycles. The minimum Gasteiger partial charge on any atom is -0.508 e. The topological polar surface area (TPSA) is 72.0 Å². The third-order valence-corrected chi connectivity index (χ3v) is 3.68. The second-order valence-corrected chi connectivity index (χ2v) is 5.22. The lowest BCUT2D eigenvalue weighted by Gasteiger charge is -2.11. The van der Waals surface area contributed by atoms with Gasteiger partial charge in [-0.1, -0.05) is 12.8 Å². The second-order valence-electron chi connectivity index (χ2n) is 5.22. The van der Waals surface area contributed by atoms with Gasteiger partial charge in [-0.3, -0.25) is 0 Å². The monoisotopic (exact) mass is 273 g/mol. The maximum atomic E-state index is 13.4. The van der Waals surface area contributed by atoms with Crippen LogP contribution >= 0.6 is 0 Å². The summed E-state index contributed by atoms with van der Waals surface area (Å²) in [5.41, 5.74) is 7.18. The first-order chi connectivity index (χ1) is 9.61. The van der Waals surface area contributed by atoms with Gasteiger partial charge in [-0.05, 0) is 25.0 Å². The molecule has 1 aliphatic carbocycles. The number of hydrogen-bond acceptors (Lipinski definition) is 4. The van der Waals surface area contributed by atoms with Gasteiger partial charge in [0.05, 0.1) is 0 Å². The summed E-state index contributed by atoms with van der Waals surface area (Å²) >= 11 is 0. The fourth-order valence-corrected chi connectivity index (χ4v) is 2.75. The average molecular weight is 273 g/mol. The largest absolute Gasteiger partial charge is 0.508 e. The molecule has 0 unspecified atom stereocenters. The normalized spacial score (nSPS) is 15.7. The molecule has 1 aliphatic rings. The Morgan fingerprint density at radius 1 is 1.10 bits per heavy atom. The standard InChI is InChI=1S/C15H16FN3O/c16-11-5-10(6-12(20)7-11)15-18-13(8-14(17)19-15)9-3-1-2-4-9/h5-9,20H,1-4H2,(H2,17,18,19). The van der Waals surface area contributed by atoms with Crippen LogP contribution in [0.15, 0.2) is 24.3 Å². The molecule has 0 saturated heterocycles. The Morgan fingerprint density at radius 3 is 2.55 bits per heavy atom. The van der Waals surface area contributed by atoms with Gasteiger partial charge in [0.15, 0.2) is 5.82 Å². The summed E-state index contributed by atoms with van der Waals surface area (Å²) in [6, 6.07) is 5.58. The van der Waals surface area contributed by atoms with Crippen LogP contribution in [0.5, 0.6) is 5.75 Å². The molecule has 0 aliphatic heterocycles. The van der Waals surface area contributed by atoms with E-state index < -0.39 is 5.82 Å². The second kappa shape index (κ2) is 5.07. The lowest BCUT2D eigenvalue weighted by Crippen LogP contribution is -2.03. The van der Waals surface area contributed by atoms with Crippen molar-refractivity contribution in [1.82, 2.24) is 9.97 Å². The highest BCUT2D eigenvalue weighted by Crippen LogP contribution is 2.34. The molecule has 3 rings (SSSR count). The van der Waals surface area contributed by atoms with Crippen LogP contribution < -0.4 is 5.73 Å². The first-order valence-corrected chi connectivity index (χ1v) is 6.76. The Labute approximate surface area is 116 Å². The van der Waals surface area contributed by atoms with Crippen LogP contribution in [-0.4, -0.2) is 15.1 Å². The van der Waals surface area contributed by atoms with Gasteiger partial charge >= 0.3 is 0 Å². The fraction of sp³-hybridized carbons (Fsp3) is 0.333. The summed E-state index contributed by atoms with van der Waals surface area (Å²) < 4.78 is 13.4. The number of aromatic hydroxyl groups is 1. The molecule has 0 bridgehead atoms. The minimum absolute atomic E-state index is 0.145. The Bertz CT molecular complexity index is 619. The lowest BCUT2D eigenvalue weighted by molar-refractivity contribution is 0.469. The van der Waals surface area contributed by atoms with E-state index in [0.717, 1.165) is 24.6 Å². The van der Waals surface area contributed by atoms with Crippen molar-refractivity contribution in [3.05, 3.63) is 35.8 Å². The van der Waals surface area contributed by atoms with Crippen molar-refractivity contribution in [2.75, 3.05) is 5.73 Å². The number of hydrogen-bond donors (Lipinski definition) is 2. The third kappa shape index (κ3) is 2.57. The van der Waals surface area contributed by atoms with E-state index in [1.165, 1.54) is 25.0 Å². The maximum Gasteiger partial charge on any atom is 0.161 e. The van der Waals surface area contributed by atoms with Gasteiger partial charge in [-0.2, -0.15) is 0 Å². The number of nitrogens with zero attached hydrogens (tertiary/aromatic N) is 2. The Kier molecular flexibility index (Phi) is 3.26. The highest BCUT2D eigenvalue weighted by molar-refractivity contribution is 5.59. The quantitative estimate of drug-likeness (QED) is 0.881. The van der Waals surface area contributed by atoms with Crippen molar-refractivity contribution in [1.29, 1.82) is 0 Å². The third-order valence-electron chi connectivity index (χ3n) is 3.68. The van der Waals surface area contributed by atoms with E-state index in [0.29, 0.717) is 23.1 Å². The zero-order chi connectivity index (χ0) is 14.1. The lowest BCUT2D eigenvalue weighted by atomic mass is 10.0. The van der Waals surface area contributed by atoms with Crippen molar-refractivity contribution < 1.29 is 9.50 Å². The highest BCUT2D eigenvalue weighted by atomic mass is 19.1. The van der Waals surface area contributed by atoms with E-state index in [-0.39, 0.29) is 5.75 Å². The molecule has 0 radical (unpaired) electrons. The van der Waals surface area contributed by atoms with Gasteiger partial charge in [0.1, 0.15) is 17.4 Å². The van der Waals surface area contributed by atoms with Crippen LogP contribution in [0.3, 0.4) is 0 Å². The van der Waals surface area contributed by atoms with Gasteiger partial charge < -0.3 is 10.8 Å². The summed E-state index contributed by atoms with van der Waals surface area (Å²) in [7, 11) is 0. The molecule has 104 valence electrons. The van der Waals surface area contributed by atoms with Crippen LogP contribution in [0.2, 0.25) is 0 Å². The molecule has 1 fully saturated rings. The SMILES string of the molecule is Nc1cc(C2CCCC2)nc(-c2cc(O)cc(F)c2)n1. The zero-order valence-corrected chi connectivity index (χ0v) is 11.0. The van der Waals surface area contributed by atoms with Crippen molar-refractivity contribution in [3.8, 4) is 17.1 Å². The molecular formula is C15H16FN3O. The number of nitrogen functional groups attached to an aromatic ring is 1. The molecule has 0 atom stereocenters. The van der Waals surface area contributed by atoms with Crippen molar-refractivity contribution in [3.63, 3.8) is 0 Å². The van der Waals surface area contributed by atoms with E-state index in [4.69, 9.17) is 5.73 Å². The molecule has 4 nitrogen and oxygen atoms in total. The molecule has 20 heavy (non-hydrogen) atoms. The molecule has 5 heteroatoms.